The highest BCUT2D eigenvalue weighted by Gasteiger charge is 2.53. The van der Waals surface area contributed by atoms with Gasteiger partial charge in [0.05, 0.1) is 6.10 Å². The number of hydrogen-bond acceptors (Lipinski definition) is 3. The van der Waals surface area contributed by atoms with Gasteiger partial charge in [-0.05, 0) is 12.0 Å². The van der Waals surface area contributed by atoms with Gasteiger partial charge in [0.1, 0.15) is 5.78 Å². The Balaban J connectivity index is 2.07. The number of rotatable bonds is 1. The van der Waals surface area contributed by atoms with E-state index in [0.717, 1.165) is 11.3 Å². The fraction of sp³-hybridized carbons (Fsp3) is 0.467. The largest absolute Gasteiger partial charge is 0.356 e. The van der Waals surface area contributed by atoms with Crippen LogP contribution in [0.4, 0.5) is 5.69 Å². The first-order valence-corrected chi connectivity index (χ1v) is 6.63. The number of anilines is 1. The van der Waals surface area contributed by atoms with Gasteiger partial charge in [0, 0.05) is 24.1 Å². The Hall–Kier alpha value is -1.68. The van der Waals surface area contributed by atoms with Crippen LogP contribution in [0.15, 0.2) is 24.3 Å². The minimum Gasteiger partial charge on any atom is -0.356 e. The number of carbonyl (C=O) groups is 2. The summed E-state index contributed by atoms with van der Waals surface area (Å²) in [6, 6.07) is 7.44. The van der Waals surface area contributed by atoms with E-state index >= 15 is 0 Å². The first kappa shape index (κ1) is 12.4. The van der Waals surface area contributed by atoms with Crippen molar-refractivity contribution in [2.75, 3.05) is 5.32 Å². The lowest BCUT2D eigenvalue weighted by molar-refractivity contribution is -0.174. The maximum Gasteiger partial charge on any atom is 0.261 e. The summed E-state index contributed by atoms with van der Waals surface area (Å²) in [5.41, 5.74) is 0.435. The summed E-state index contributed by atoms with van der Waals surface area (Å²) in [6.45, 7) is 4.02. The third kappa shape index (κ3) is 1.78. The van der Waals surface area contributed by atoms with Gasteiger partial charge in [-0.25, -0.2) is 0 Å². The molecule has 19 heavy (non-hydrogen) atoms. The third-order valence-corrected chi connectivity index (χ3v) is 3.95. The van der Waals surface area contributed by atoms with E-state index in [-0.39, 0.29) is 30.1 Å². The van der Waals surface area contributed by atoms with Crippen molar-refractivity contribution in [3.8, 4) is 0 Å². The van der Waals surface area contributed by atoms with Crippen LogP contribution >= 0.6 is 0 Å². The lowest BCUT2D eigenvalue weighted by Gasteiger charge is -2.37. The van der Waals surface area contributed by atoms with Crippen molar-refractivity contribution in [3.05, 3.63) is 29.8 Å². The number of benzene rings is 1. The van der Waals surface area contributed by atoms with Gasteiger partial charge in [-0.1, -0.05) is 32.0 Å². The first-order chi connectivity index (χ1) is 9.03. The maximum atomic E-state index is 12.3. The Labute approximate surface area is 112 Å². The Kier molecular flexibility index (Phi) is 2.71. The number of ether oxygens (including phenoxy) is 1. The molecule has 2 aliphatic rings. The zero-order valence-corrected chi connectivity index (χ0v) is 11.1. The molecule has 0 aliphatic carbocycles. The normalized spacial score (nSPS) is 29.7. The topological polar surface area (TPSA) is 55.4 Å². The van der Waals surface area contributed by atoms with Crippen molar-refractivity contribution in [1.29, 1.82) is 0 Å². The maximum absolute atomic E-state index is 12.3. The van der Waals surface area contributed by atoms with Gasteiger partial charge >= 0.3 is 0 Å². The van der Waals surface area contributed by atoms with Gasteiger partial charge < -0.3 is 10.1 Å². The second kappa shape index (κ2) is 4.17. The van der Waals surface area contributed by atoms with Crippen LogP contribution in [0, 0.1) is 5.92 Å². The van der Waals surface area contributed by atoms with Gasteiger partial charge in [-0.15, -0.1) is 0 Å². The van der Waals surface area contributed by atoms with E-state index in [2.05, 4.69) is 5.32 Å². The number of carbonyl (C=O) groups excluding carboxylic acids is 2. The van der Waals surface area contributed by atoms with Crippen molar-refractivity contribution in [2.45, 2.75) is 38.4 Å². The molecule has 1 N–H and O–H groups in total. The molecular formula is C15H17NO3. The molecule has 2 atom stereocenters. The summed E-state index contributed by atoms with van der Waals surface area (Å²) < 4.78 is 6.07. The Morgan fingerprint density at radius 3 is 2.79 bits per heavy atom. The molecule has 0 unspecified atom stereocenters. The van der Waals surface area contributed by atoms with Gasteiger partial charge in [-0.3, -0.25) is 9.59 Å². The summed E-state index contributed by atoms with van der Waals surface area (Å²) in [7, 11) is 0. The van der Waals surface area contributed by atoms with Crippen LogP contribution in [0.3, 0.4) is 0 Å². The molecule has 1 aromatic carbocycles. The van der Waals surface area contributed by atoms with Crippen LogP contribution in [0.1, 0.15) is 32.3 Å². The number of Topliss-reactive ketones (excluding diaryl/α,β-unsaturated/α-hetero) is 1. The van der Waals surface area contributed by atoms with E-state index in [0.29, 0.717) is 6.42 Å². The lowest BCUT2D eigenvalue weighted by atomic mass is 9.83. The van der Waals surface area contributed by atoms with Crippen molar-refractivity contribution >= 4 is 17.4 Å². The molecule has 2 aliphatic heterocycles. The Bertz CT molecular complexity index is 552. The average Bonchev–Trinajstić information content (AvgIpc) is 2.62. The molecule has 100 valence electrons. The van der Waals surface area contributed by atoms with Crippen molar-refractivity contribution < 1.29 is 14.3 Å². The van der Waals surface area contributed by atoms with Gasteiger partial charge in [-0.2, -0.15) is 0 Å². The van der Waals surface area contributed by atoms with E-state index in [1.54, 1.807) is 0 Å². The van der Waals surface area contributed by atoms with Crippen LogP contribution in [0.25, 0.3) is 0 Å². The van der Waals surface area contributed by atoms with E-state index < -0.39 is 5.60 Å². The highest BCUT2D eigenvalue weighted by Crippen LogP contribution is 2.45. The van der Waals surface area contributed by atoms with Gasteiger partial charge in [0.15, 0.2) is 5.60 Å². The van der Waals surface area contributed by atoms with Gasteiger partial charge in [0.2, 0.25) is 0 Å². The first-order valence-electron chi connectivity index (χ1n) is 6.63. The predicted octanol–water partition coefficient (Wildman–Crippen LogP) is 2.24. The molecule has 1 spiro atoms. The molecule has 0 radical (unpaired) electrons. The molecule has 0 saturated carbocycles. The molecule has 3 rings (SSSR count). The average molecular weight is 259 g/mol. The lowest BCUT2D eigenvalue weighted by Crippen LogP contribution is -2.48. The van der Waals surface area contributed by atoms with E-state index in [1.165, 1.54) is 0 Å². The Morgan fingerprint density at radius 2 is 2.05 bits per heavy atom. The van der Waals surface area contributed by atoms with Crippen molar-refractivity contribution in [2.24, 2.45) is 5.92 Å². The number of amides is 1. The second-order valence-corrected chi connectivity index (χ2v) is 5.65. The quantitative estimate of drug-likeness (QED) is 0.841. The second-order valence-electron chi connectivity index (χ2n) is 5.65. The zero-order chi connectivity index (χ0) is 13.6. The summed E-state index contributed by atoms with van der Waals surface area (Å²) in [4.78, 5) is 24.4. The van der Waals surface area contributed by atoms with Crippen LogP contribution < -0.4 is 5.32 Å². The Morgan fingerprint density at radius 1 is 1.32 bits per heavy atom. The molecule has 1 aromatic rings. The molecule has 2 heterocycles. The highest BCUT2D eigenvalue weighted by atomic mass is 16.5. The molecule has 0 bridgehead atoms. The summed E-state index contributed by atoms with van der Waals surface area (Å²) in [5, 5.41) is 2.82. The predicted molar refractivity (Wildman–Crippen MR) is 70.7 cm³/mol. The molecule has 1 fully saturated rings. The number of hydrogen-bond donors (Lipinski definition) is 1. The fourth-order valence-electron chi connectivity index (χ4n) is 2.87. The number of ketones is 1. The summed E-state index contributed by atoms with van der Waals surface area (Å²) >= 11 is 0. The van der Waals surface area contributed by atoms with E-state index in [9.17, 15) is 9.59 Å². The van der Waals surface area contributed by atoms with E-state index in [1.807, 2.05) is 38.1 Å². The number of para-hydroxylation sites is 1. The minimum atomic E-state index is -1.11. The van der Waals surface area contributed by atoms with Crippen LogP contribution in [-0.2, 0) is 19.9 Å². The standard InChI is InChI=1S/C15H17NO3/c1-9(2)13-7-10(17)8-15(19-13)11-5-3-4-6-12(11)16-14(15)18/h3-6,9,13H,7-8H2,1-2H3,(H,16,18)/t13-,15-/m0/s1. The molecular weight excluding hydrogens is 242 g/mol. The minimum absolute atomic E-state index is 0.0943. The van der Waals surface area contributed by atoms with Crippen molar-refractivity contribution in [1.82, 2.24) is 0 Å². The molecule has 4 nitrogen and oxygen atoms in total. The van der Waals surface area contributed by atoms with Crippen LogP contribution in [0.5, 0.6) is 0 Å². The summed E-state index contributed by atoms with van der Waals surface area (Å²) in [6.07, 6.45) is 0.339. The SMILES string of the molecule is CC(C)[C@@H]1CC(=O)C[C@@]2(O1)C(=O)Nc1ccccc12. The van der Waals surface area contributed by atoms with Crippen LogP contribution in [-0.4, -0.2) is 17.8 Å². The van der Waals surface area contributed by atoms with Crippen molar-refractivity contribution in [3.63, 3.8) is 0 Å². The molecule has 4 heteroatoms. The third-order valence-electron chi connectivity index (χ3n) is 3.95. The molecule has 1 amide bonds. The highest BCUT2D eigenvalue weighted by molar-refractivity contribution is 6.07. The summed E-state index contributed by atoms with van der Waals surface area (Å²) in [5.74, 6) is 0.0888. The number of fused-ring (bicyclic) bond motifs is 2. The smallest absolute Gasteiger partial charge is 0.261 e. The zero-order valence-electron chi connectivity index (χ0n) is 11.1. The number of nitrogens with one attached hydrogen (secondary N) is 1. The molecule has 0 aromatic heterocycles. The van der Waals surface area contributed by atoms with Crippen LogP contribution in [0.2, 0.25) is 0 Å². The fourth-order valence-corrected chi connectivity index (χ4v) is 2.87. The molecule has 1 saturated heterocycles. The monoisotopic (exact) mass is 259 g/mol. The van der Waals surface area contributed by atoms with Gasteiger partial charge in [0.25, 0.3) is 5.91 Å². The van der Waals surface area contributed by atoms with E-state index in [4.69, 9.17) is 4.74 Å².